The van der Waals surface area contributed by atoms with E-state index in [1.165, 1.54) is 32.7 Å². The maximum atomic E-state index is 5.96. The van der Waals surface area contributed by atoms with Crippen molar-refractivity contribution in [3.63, 3.8) is 0 Å². The molecule has 1 N–H and O–H groups in total. The molecule has 1 atom stereocenters. The highest BCUT2D eigenvalue weighted by Crippen LogP contribution is 2.43. The summed E-state index contributed by atoms with van der Waals surface area (Å²) < 4.78 is 5.96. The Hall–Kier alpha value is -3.18. The number of hydrogen-bond donors (Lipinski definition) is 1. The predicted molar refractivity (Wildman–Crippen MR) is 137 cm³/mol. The van der Waals surface area contributed by atoms with Crippen molar-refractivity contribution >= 4 is 32.8 Å². The molecule has 0 amide bonds. The zero-order valence-corrected chi connectivity index (χ0v) is 19.2. The van der Waals surface area contributed by atoms with Gasteiger partial charge in [-0.25, -0.2) is 4.89 Å². The molecule has 1 heterocycles. The number of ether oxygens (including phenoxy) is 1. The summed E-state index contributed by atoms with van der Waals surface area (Å²) in [6.07, 6.45) is 3.22. The number of hydrogen-bond acceptors (Lipinski definition) is 4. The van der Waals surface area contributed by atoms with Gasteiger partial charge in [-0.1, -0.05) is 73.3 Å². The van der Waals surface area contributed by atoms with Crippen molar-refractivity contribution in [3.05, 3.63) is 97.1 Å². The average molecular weight is 452 g/mol. The Balaban J connectivity index is 1.11. The van der Waals surface area contributed by atoms with E-state index in [4.69, 9.17) is 14.5 Å². The molecule has 4 nitrogen and oxygen atoms in total. The fraction of sp³-hybridized carbons (Fsp3) is 0.267. The minimum Gasteiger partial charge on any atom is -0.335 e. The van der Waals surface area contributed by atoms with Gasteiger partial charge < -0.3 is 10.1 Å². The van der Waals surface area contributed by atoms with Crippen LogP contribution >= 0.6 is 0 Å². The van der Waals surface area contributed by atoms with E-state index in [1.807, 2.05) is 30.3 Å². The molecule has 1 aliphatic carbocycles. The van der Waals surface area contributed by atoms with E-state index in [-0.39, 0.29) is 5.60 Å². The molecule has 2 fully saturated rings. The van der Waals surface area contributed by atoms with Crippen molar-refractivity contribution in [1.29, 1.82) is 0 Å². The summed E-state index contributed by atoms with van der Waals surface area (Å²) in [5, 5.41) is 8.31. The highest BCUT2D eigenvalue weighted by Gasteiger charge is 2.42. The van der Waals surface area contributed by atoms with Crippen LogP contribution in [0, 0.1) is 5.92 Å². The van der Waals surface area contributed by atoms with E-state index in [1.54, 1.807) is 0 Å². The third kappa shape index (κ3) is 4.09. The first kappa shape index (κ1) is 21.4. The summed E-state index contributed by atoms with van der Waals surface area (Å²) in [7, 11) is 0. The van der Waals surface area contributed by atoms with Crippen molar-refractivity contribution in [1.82, 2.24) is 0 Å². The highest BCUT2D eigenvalue weighted by molar-refractivity contribution is 6.08. The first-order valence-corrected chi connectivity index (χ1v) is 12.1. The number of nitrogens with one attached hydrogen (secondary N) is 1. The molecule has 1 spiro atoms. The van der Waals surface area contributed by atoms with Gasteiger partial charge >= 0.3 is 0 Å². The van der Waals surface area contributed by atoms with Crippen LogP contribution in [0.1, 0.15) is 31.2 Å². The minimum atomic E-state index is -0.590. The summed E-state index contributed by atoms with van der Waals surface area (Å²) in [4.78, 5) is 11.5. The van der Waals surface area contributed by atoms with Gasteiger partial charge in [-0.15, -0.1) is 0 Å². The second-order valence-corrected chi connectivity index (χ2v) is 9.54. The molecule has 1 unspecified atom stereocenters. The summed E-state index contributed by atoms with van der Waals surface area (Å²) in [6, 6.07) is 29.6. The lowest BCUT2D eigenvalue weighted by atomic mass is 9.75. The fourth-order valence-electron chi connectivity index (χ4n) is 5.32. The Labute approximate surface area is 200 Å². The largest absolute Gasteiger partial charge is 0.335 e. The number of anilines is 1. The van der Waals surface area contributed by atoms with Crippen molar-refractivity contribution in [3.8, 4) is 0 Å². The molecular formula is C30H29NO3. The molecule has 6 rings (SSSR count). The second-order valence-electron chi connectivity index (χ2n) is 9.54. The Morgan fingerprint density at radius 2 is 1.53 bits per heavy atom. The number of allylic oxidation sites excluding steroid dienone is 1. The van der Waals surface area contributed by atoms with Crippen LogP contribution in [0.5, 0.6) is 0 Å². The molecule has 1 saturated carbocycles. The van der Waals surface area contributed by atoms with E-state index in [2.05, 4.69) is 66.5 Å². The van der Waals surface area contributed by atoms with E-state index in [0.29, 0.717) is 12.5 Å². The maximum Gasteiger partial charge on any atom is 0.268 e. The first-order chi connectivity index (χ1) is 16.7. The molecule has 1 saturated heterocycles. The Morgan fingerprint density at radius 1 is 0.824 bits per heavy atom. The van der Waals surface area contributed by atoms with Gasteiger partial charge in [0.1, 0.15) is 5.60 Å². The number of benzene rings is 4. The highest BCUT2D eigenvalue weighted by atomic mass is 17.2. The lowest BCUT2D eigenvalue weighted by Gasteiger charge is -2.43. The van der Waals surface area contributed by atoms with Crippen molar-refractivity contribution in [2.75, 3.05) is 11.9 Å². The lowest BCUT2D eigenvalue weighted by Crippen LogP contribution is -2.49. The topological polar surface area (TPSA) is 39.7 Å². The van der Waals surface area contributed by atoms with Gasteiger partial charge in [0.2, 0.25) is 0 Å². The first-order valence-electron chi connectivity index (χ1n) is 12.1. The van der Waals surface area contributed by atoms with Crippen molar-refractivity contribution in [2.45, 2.75) is 37.7 Å². The van der Waals surface area contributed by atoms with Crippen LogP contribution in [0.3, 0.4) is 0 Å². The molecule has 4 heteroatoms. The molecule has 0 bridgehead atoms. The summed E-state index contributed by atoms with van der Waals surface area (Å²) in [5.74, 6) is 0.432. The SMILES string of the molecule is C=C(c1ccc2ccc3ccccc3c2c1)C1CCC2(CC1)COC(Nc1ccccc1)OO2. The molecule has 4 aromatic carbocycles. The third-order valence-electron chi connectivity index (χ3n) is 7.38. The van der Waals surface area contributed by atoms with E-state index in [9.17, 15) is 0 Å². The molecule has 2 aliphatic rings. The summed E-state index contributed by atoms with van der Waals surface area (Å²) in [5.41, 5.74) is 3.01. The van der Waals surface area contributed by atoms with Gasteiger partial charge in [0, 0.05) is 5.69 Å². The van der Waals surface area contributed by atoms with E-state index < -0.39 is 6.41 Å². The predicted octanol–water partition coefficient (Wildman–Crippen LogP) is 7.31. The monoisotopic (exact) mass is 451 g/mol. The Morgan fingerprint density at radius 3 is 2.29 bits per heavy atom. The van der Waals surface area contributed by atoms with Gasteiger partial charge in [0.25, 0.3) is 6.41 Å². The molecule has 34 heavy (non-hydrogen) atoms. The Kier molecular flexibility index (Phi) is 5.58. The van der Waals surface area contributed by atoms with E-state index in [0.717, 1.165) is 31.4 Å². The summed E-state index contributed by atoms with van der Waals surface area (Å²) >= 11 is 0. The van der Waals surface area contributed by atoms with Crippen LogP contribution in [0.15, 0.2) is 91.5 Å². The van der Waals surface area contributed by atoms with Gasteiger partial charge in [-0.05, 0) is 82.5 Å². The lowest BCUT2D eigenvalue weighted by molar-refractivity contribution is -0.468. The standard InChI is InChI=1S/C30H29NO3/c1-21(25-14-13-24-12-11-23-7-5-6-10-27(23)28(24)19-25)22-15-17-30(18-16-22)20-32-29(33-34-30)31-26-8-3-2-4-9-26/h2-14,19,22,29,31H,1,15-18,20H2. The van der Waals surface area contributed by atoms with Gasteiger partial charge in [0.05, 0.1) is 6.61 Å². The average Bonchev–Trinajstić information content (AvgIpc) is 2.90. The molecule has 0 radical (unpaired) electrons. The third-order valence-corrected chi connectivity index (χ3v) is 7.38. The summed E-state index contributed by atoms with van der Waals surface area (Å²) in [6.45, 7) is 5.04. The normalized spacial score (nSPS) is 24.9. The molecule has 0 aromatic heterocycles. The van der Waals surface area contributed by atoms with E-state index >= 15 is 0 Å². The van der Waals surface area contributed by atoms with Gasteiger partial charge in [-0.2, -0.15) is 4.89 Å². The van der Waals surface area contributed by atoms with Crippen LogP contribution in [0.2, 0.25) is 0 Å². The van der Waals surface area contributed by atoms with Crippen LogP contribution in [0.25, 0.3) is 27.1 Å². The van der Waals surface area contributed by atoms with Crippen LogP contribution in [-0.4, -0.2) is 18.6 Å². The molecule has 4 aromatic rings. The fourth-order valence-corrected chi connectivity index (χ4v) is 5.32. The van der Waals surface area contributed by atoms with Crippen molar-refractivity contribution in [2.24, 2.45) is 5.92 Å². The number of rotatable bonds is 4. The molecular weight excluding hydrogens is 422 g/mol. The van der Waals surface area contributed by atoms with Crippen LogP contribution in [0.4, 0.5) is 5.69 Å². The number of fused-ring (bicyclic) bond motifs is 3. The maximum absolute atomic E-state index is 5.96. The van der Waals surface area contributed by atoms with Crippen LogP contribution < -0.4 is 5.32 Å². The zero-order valence-electron chi connectivity index (χ0n) is 19.2. The minimum absolute atomic E-state index is 0.370. The van der Waals surface area contributed by atoms with Gasteiger partial charge in [-0.3, -0.25) is 0 Å². The molecule has 1 aliphatic heterocycles. The van der Waals surface area contributed by atoms with Crippen LogP contribution in [-0.2, 0) is 14.5 Å². The second kappa shape index (κ2) is 8.88. The smallest absolute Gasteiger partial charge is 0.268 e. The zero-order chi connectivity index (χ0) is 23.0. The van der Waals surface area contributed by atoms with Crippen molar-refractivity contribution < 1.29 is 14.5 Å². The van der Waals surface area contributed by atoms with Gasteiger partial charge in [0.15, 0.2) is 0 Å². The quantitative estimate of drug-likeness (QED) is 0.261. The molecule has 172 valence electrons. The Bertz CT molecular complexity index is 1310. The number of para-hydroxylation sites is 1.